The lowest BCUT2D eigenvalue weighted by molar-refractivity contribution is 0.0692. The minimum Gasteiger partial charge on any atom is -0.478 e. The molecule has 0 fully saturated rings. The first-order chi connectivity index (χ1) is 12.8. The number of carbonyl (C=O) groups is 2. The lowest BCUT2D eigenvalue weighted by atomic mass is 9.96. The quantitative estimate of drug-likeness (QED) is 0.494. The van der Waals surface area contributed by atoms with Crippen molar-refractivity contribution in [3.8, 4) is 11.1 Å². The zero-order chi connectivity index (χ0) is 19.3. The molecular weight excluding hydrogens is 420 g/mol. The number of benzene rings is 3. The van der Waals surface area contributed by atoms with Gasteiger partial charge in [0.25, 0.3) is 0 Å². The van der Waals surface area contributed by atoms with Crippen molar-refractivity contribution in [1.29, 1.82) is 0 Å². The molecule has 3 aromatic carbocycles. The fourth-order valence-corrected chi connectivity index (χ4v) is 7.36. The fourth-order valence-electron chi connectivity index (χ4n) is 3.89. The zero-order valence-corrected chi connectivity index (χ0v) is 17.5. The van der Waals surface area contributed by atoms with E-state index in [1.54, 1.807) is 18.2 Å². The van der Waals surface area contributed by atoms with Gasteiger partial charge in [0.1, 0.15) is 8.07 Å². The fraction of sp³-hybridized carbons (Fsp3) is 0.0909. The van der Waals surface area contributed by atoms with Gasteiger partial charge in [-0.05, 0) is 39.7 Å². The molecule has 0 spiro atoms. The molecule has 0 atom stereocenters. The van der Waals surface area contributed by atoms with Crippen LogP contribution in [0, 0.1) is 0 Å². The average Bonchev–Trinajstić information content (AvgIpc) is 2.88. The Morgan fingerprint density at radius 2 is 1.56 bits per heavy atom. The van der Waals surface area contributed by atoms with E-state index in [9.17, 15) is 14.7 Å². The van der Waals surface area contributed by atoms with Gasteiger partial charge in [-0.15, -0.1) is 0 Å². The van der Waals surface area contributed by atoms with Crippen molar-refractivity contribution in [2.45, 2.75) is 13.1 Å². The van der Waals surface area contributed by atoms with Gasteiger partial charge in [0.2, 0.25) is 0 Å². The Balaban J connectivity index is 1.85. The lowest BCUT2D eigenvalue weighted by Gasteiger charge is -2.19. The standard InChI is InChI=1S/C22H17BrO3Si/c1-27(2)19-6-4-3-5-15(19)16-9-7-13(11-20(16)27)21(24)18-12-14(23)8-10-17(18)22(25)26/h3-12H,1-2H3,(H,25,26). The Bertz CT molecular complexity index is 1120. The van der Waals surface area contributed by atoms with Gasteiger partial charge in [-0.2, -0.15) is 0 Å². The van der Waals surface area contributed by atoms with Crippen LogP contribution in [0.1, 0.15) is 26.3 Å². The van der Waals surface area contributed by atoms with E-state index in [2.05, 4.69) is 47.2 Å². The van der Waals surface area contributed by atoms with E-state index < -0.39 is 14.0 Å². The Morgan fingerprint density at radius 3 is 2.30 bits per heavy atom. The first-order valence-corrected chi connectivity index (χ1v) is 12.4. The van der Waals surface area contributed by atoms with Gasteiger partial charge in [-0.1, -0.05) is 71.5 Å². The second-order valence-electron chi connectivity index (χ2n) is 7.26. The molecule has 1 aliphatic rings. The normalized spacial score (nSPS) is 13.7. The molecule has 134 valence electrons. The van der Waals surface area contributed by atoms with E-state index in [1.165, 1.54) is 27.6 Å². The van der Waals surface area contributed by atoms with Gasteiger partial charge in [0.15, 0.2) is 5.78 Å². The molecule has 0 radical (unpaired) electrons. The summed E-state index contributed by atoms with van der Waals surface area (Å²) in [5, 5.41) is 12.0. The highest BCUT2D eigenvalue weighted by molar-refractivity contribution is 9.10. The number of fused-ring (bicyclic) bond motifs is 3. The molecule has 1 aliphatic heterocycles. The molecule has 0 saturated carbocycles. The lowest BCUT2D eigenvalue weighted by Crippen LogP contribution is -2.49. The molecule has 27 heavy (non-hydrogen) atoms. The summed E-state index contributed by atoms with van der Waals surface area (Å²) in [6.07, 6.45) is 0. The summed E-state index contributed by atoms with van der Waals surface area (Å²) in [7, 11) is -1.88. The number of rotatable bonds is 3. The van der Waals surface area contributed by atoms with E-state index in [1.807, 2.05) is 18.2 Å². The van der Waals surface area contributed by atoms with Crippen LogP contribution in [0.5, 0.6) is 0 Å². The number of carboxylic acids is 1. The summed E-state index contributed by atoms with van der Waals surface area (Å²) >= 11 is 3.34. The van der Waals surface area contributed by atoms with E-state index >= 15 is 0 Å². The molecule has 0 bridgehead atoms. The van der Waals surface area contributed by atoms with Gasteiger partial charge in [0.05, 0.1) is 5.56 Å². The Morgan fingerprint density at radius 1 is 0.852 bits per heavy atom. The maximum Gasteiger partial charge on any atom is 0.336 e. The first kappa shape index (κ1) is 17.9. The van der Waals surface area contributed by atoms with Crippen LogP contribution in [0.25, 0.3) is 11.1 Å². The molecule has 1 N–H and O–H groups in total. The van der Waals surface area contributed by atoms with Crippen LogP contribution in [0.4, 0.5) is 0 Å². The maximum absolute atomic E-state index is 13.1. The van der Waals surface area contributed by atoms with Gasteiger partial charge in [-0.3, -0.25) is 4.79 Å². The average molecular weight is 437 g/mol. The third kappa shape index (κ3) is 2.78. The monoisotopic (exact) mass is 436 g/mol. The Labute approximate surface area is 166 Å². The molecule has 1 heterocycles. The summed E-state index contributed by atoms with van der Waals surface area (Å²) in [6.45, 7) is 4.57. The highest BCUT2D eigenvalue weighted by Gasteiger charge is 2.37. The van der Waals surface area contributed by atoms with Crippen LogP contribution in [-0.2, 0) is 0 Å². The van der Waals surface area contributed by atoms with E-state index in [0.29, 0.717) is 10.0 Å². The topological polar surface area (TPSA) is 54.4 Å². The number of carboxylic acid groups (broad SMARTS) is 1. The molecule has 0 amide bonds. The van der Waals surface area contributed by atoms with Crippen LogP contribution < -0.4 is 10.4 Å². The van der Waals surface area contributed by atoms with Crippen LogP contribution in [0.3, 0.4) is 0 Å². The predicted molar refractivity (Wildman–Crippen MR) is 113 cm³/mol. The van der Waals surface area contributed by atoms with Crippen molar-refractivity contribution in [3.63, 3.8) is 0 Å². The number of carbonyl (C=O) groups excluding carboxylic acids is 1. The number of ketones is 1. The van der Waals surface area contributed by atoms with Crippen LogP contribution in [-0.4, -0.2) is 24.9 Å². The number of hydrogen-bond donors (Lipinski definition) is 1. The number of aromatic carboxylic acids is 1. The van der Waals surface area contributed by atoms with Gasteiger partial charge in [0, 0.05) is 15.6 Å². The summed E-state index contributed by atoms with van der Waals surface area (Å²) < 4.78 is 0.680. The Kier molecular flexibility index (Phi) is 4.16. The van der Waals surface area contributed by atoms with E-state index in [-0.39, 0.29) is 16.9 Å². The van der Waals surface area contributed by atoms with Crippen molar-refractivity contribution < 1.29 is 14.7 Å². The maximum atomic E-state index is 13.1. The molecule has 0 unspecified atom stereocenters. The van der Waals surface area contributed by atoms with Crippen molar-refractivity contribution >= 4 is 46.1 Å². The summed E-state index contributed by atoms with van der Waals surface area (Å²) in [4.78, 5) is 24.7. The SMILES string of the molecule is C[Si]1(C)c2ccccc2-c2ccc(C(=O)c3cc(Br)ccc3C(=O)O)cc21. The summed E-state index contributed by atoms with van der Waals surface area (Å²) in [5.74, 6) is -1.37. The molecular formula is C22H17BrO3Si. The highest BCUT2D eigenvalue weighted by atomic mass is 79.9. The molecule has 5 heteroatoms. The minimum atomic E-state index is -1.88. The summed E-state index contributed by atoms with van der Waals surface area (Å²) in [5.41, 5.74) is 3.18. The van der Waals surface area contributed by atoms with Crippen LogP contribution in [0.2, 0.25) is 13.1 Å². The third-order valence-corrected chi connectivity index (χ3v) is 9.34. The van der Waals surface area contributed by atoms with Gasteiger partial charge < -0.3 is 5.11 Å². The third-order valence-electron chi connectivity index (χ3n) is 5.30. The predicted octanol–water partition coefficient (Wildman–Crippen LogP) is 4.18. The number of halogens is 1. The second-order valence-corrected chi connectivity index (χ2v) is 12.5. The zero-order valence-electron chi connectivity index (χ0n) is 14.9. The molecule has 4 rings (SSSR count). The van der Waals surface area contributed by atoms with Gasteiger partial charge >= 0.3 is 5.97 Å². The van der Waals surface area contributed by atoms with Gasteiger partial charge in [-0.25, -0.2) is 4.79 Å². The largest absolute Gasteiger partial charge is 0.478 e. The molecule has 3 aromatic rings. The van der Waals surface area contributed by atoms with E-state index in [0.717, 1.165) is 0 Å². The van der Waals surface area contributed by atoms with Crippen molar-refractivity contribution in [3.05, 3.63) is 81.8 Å². The second kappa shape index (κ2) is 6.29. The summed E-state index contributed by atoms with van der Waals surface area (Å²) in [6, 6.07) is 18.9. The first-order valence-electron chi connectivity index (χ1n) is 8.62. The highest BCUT2D eigenvalue weighted by Crippen LogP contribution is 2.29. The Hall–Kier alpha value is -2.50. The molecule has 0 saturated heterocycles. The molecule has 0 aliphatic carbocycles. The molecule has 0 aromatic heterocycles. The number of hydrogen-bond acceptors (Lipinski definition) is 2. The smallest absolute Gasteiger partial charge is 0.336 e. The van der Waals surface area contributed by atoms with Crippen LogP contribution in [0.15, 0.2) is 65.1 Å². The minimum absolute atomic E-state index is 0.0171. The van der Waals surface area contributed by atoms with Crippen molar-refractivity contribution in [2.24, 2.45) is 0 Å². The van der Waals surface area contributed by atoms with Crippen molar-refractivity contribution in [1.82, 2.24) is 0 Å². The van der Waals surface area contributed by atoms with E-state index in [4.69, 9.17) is 0 Å². The van der Waals surface area contributed by atoms with Crippen molar-refractivity contribution in [2.75, 3.05) is 0 Å². The van der Waals surface area contributed by atoms with Crippen LogP contribution >= 0.6 is 15.9 Å². The molecule has 3 nitrogen and oxygen atoms in total.